The molecule has 0 saturated carbocycles. The Balaban J connectivity index is 0.978. The molecule has 1 saturated heterocycles. The number of hydrogen-bond donors (Lipinski definition) is 2. The minimum atomic E-state index is 0.333. The zero-order chi connectivity index (χ0) is 41.0. The SMILES string of the molecule is CC(C)c1ccc2c(Nc3cc(N4CCN(c5ccc(Sc6ccccc6)c(Nc6ccnc7nc(C(C)C)ccc67)c5)CC4)ccc3Sc3ccccc3)ccnc2n1. The van der Waals surface area contributed by atoms with Gasteiger partial charge in [-0.2, -0.15) is 0 Å². The van der Waals surface area contributed by atoms with E-state index in [2.05, 4.69) is 179 Å². The lowest BCUT2D eigenvalue weighted by Gasteiger charge is -2.38. The summed E-state index contributed by atoms with van der Waals surface area (Å²) < 4.78 is 0. The summed E-state index contributed by atoms with van der Waals surface area (Å²) in [5.41, 5.74) is 10.1. The van der Waals surface area contributed by atoms with Gasteiger partial charge in [0, 0.05) is 91.7 Å². The molecule has 8 nitrogen and oxygen atoms in total. The van der Waals surface area contributed by atoms with E-state index in [1.165, 1.54) is 21.2 Å². The molecule has 4 aromatic carbocycles. The summed E-state index contributed by atoms with van der Waals surface area (Å²) >= 11 is 3.54. The third-order valence-electron chi connectivity index (χ3n) is 10.8. The molecule has 2 N–H and O–H groups in total. The first-order valence-electron chi connectivity index (χ1n) is 20.6. The van der Waals surface area contributed by atoms with Gasteiger partial charge in [-0.3, -0.25) is 0 Å². The van der Waals surface area contributed by atoms with Crippen molar-refractivity contribution in [3.63, 3.8) is 0 Å². The normalized spacial score (nSPS) is 13.1. The molecule has 10 heteroatoms. The first-order valence-corrected chi connectivity index (χ1v) is 22.3. The fraction of sp³-hybridized carbons (Fsp3) is 0.200. The molecule has 0 atom stereocenters. The number of fused-ring (bicyclic) bond motifs is 2. The van der Waals surface area contributed by atoms with Crippen molar-refractivity contribution in [3.05, 3.63) is 157 Å². The molecule has 0 bridgehead atoms. The average Bonchev–Trinajstić information content (AvgIpc) is 3.28. The highest BCUT2D eigenvalue weighted by molar-refractivity contribution is 7.99. The minimum Gasteiger partial charge on any atom is -0.368 e. The maximum absolute atomic E-state index is 4.88. The van der Waals surface area contributed by atoms with E-state index in [0.29, 0.717) is 11.8 Å². The van der Waals surface area contributed by atoms with E-state index in [-0.39, 0.29) is 0 Å². The van der Waals surface area contributed by atoms with E-state index in [0.717, 1.165) is 92.2 Å². The zero-order valence-corrected chi connectivity index (χ0v) is 36.0. The van der Waals surface area contributed by atoms with Gasteiger partial charge in [0.05, 0.1) is 22.7 Å². The molecule has 1 aliphatic rings. The van der Waals surface area contributed by atoms with Gasteiger partial charge in [0.2, 0.25) is 0 Å². The van der Waals surface area contributed by atoms with Crippen LogP contribution in [-0.4, -0.2) is 46.1 Å². The fourth-order valence-electron chi connectivity index (χ4n) is 7.50. The minimum absolute atomic E-state index is 0.333. The van der Waals surface area contributed by atoms with Crippen LogP contribution < -0.4 is 20.4 Å². The van der Waals surface area contributed by atoms with Crippen molar-refractivity contribution in [2.24, 2.45) is 0 Å². The zero-order valence-electron chi connectivity index (χ0n) is 34.3. The molecule has 9 rings (SSSR count). The molecule has 300 valence electrons. The van der Waals surface area contributed by atoms with E-state index in [1.807, 2.05) is 24.5 Å². The summed E-state index contributed by atoms with van der Waals surface area (Å²) in [5, 5.41) is 9.64. The van der Waals surface area contributed by atoms with Gasteiger partial charge in [0.15, 0.2) is 11.3 Å². The van der Waals surface area contributed by atoms with E-state index in [4.69, 9.17) is 9.97 Å². The van der Waals surface area contributed by atoms with Gasteiger partial charge in [0.1, 0.15) is 0 Å². The Morgan fingerprint density at radius 2 is 0.883 bits per heavy atom. The molecule has 8 aromatic rings. The van der Waals surface area contributed by atoms with Crippen LogP contribution >= 0.6 is 23.5 Å². The second kappa shape index (κ2) is 17.6. The van der Waals surface area contributed by atoms with E-state index < -0.39 is 0 Å². The third kappa shape index (κ3) is 8.76. The van der Waals surface area contributed by atoms with Crippen LogP contribution in [0.1, 0.15) is 50.9 Å². The average molecular weight is 825 g/mol. The largest absolute Gasteiger partial charge is 0.368 e. The van der Waals surface area contributed by atoms with Crippen molar-refractivity contribution in [2.45, 2.75) is 59.1 Å². The summed E-state index contributed by atoms with van der Waals surface area (Å²) in [6.45, 7) is 12.2. The highest BCUT2D eigenvalue weighted by Crippen LogP contribution is 2.41. The Hall–Kier alpha value is -6.10. The Morgan fingerprint density at radius 3 is 1.28 bits per heavy atom. The smallest absolute Gasteiger partial charge is 0.161 e. The summed E-state index contributed by atoms with van der Waals surface area (Å²) in [5.74, 6) is 0.666. The molecule has 0 aliphatic carbocycles. The first kappa shape index (κ1) is 39.4. The number of aromatic nitrogens is 4. The van der Waals surface area contributed by atoms with Crippen molar-refractivity contribution < 1.29 is 0 Å². The van der Waals surface area contributed by atoms with Crippen LogP contribution in [0.25, 0.3) is 22.1 Å². The Kier molecular flexibility index (Phi) is 11.6. The molecular weight excluding hydrogens is 777 g/mol. The standard InChI is InChI=1S/C50H48N8S2/c1-33(2)41-19-17-39-43(23-25-51-49(39)55-41)53-45-31-35(15-21-47(45)59-37-11-7-5-8-12-37)57-27-29-58(30-28-57)36-16-22-48(60-38-13-9-6-10-14-38)46(32-36)54-44-24-26-52-50-40(44)18-20-42(56-50)34(3)4/h5-26,31-34H,27-30H2,1-4H3,(H,51,53,55)(H,52,54,56). The predicted molar refractivity (Wildman–Crippen MR) is 252 cm³/mol. The molecule has 5 heterocycles. The van der Waals surface area contributed by atoms with Gasteiger partial charge in [-0.15, -0.1) is 0 Å². The summed E-state index contributed by atoms with van der Waals surface area (Å²) in [6, 6.07) is 47.4. The molecule has 60 heavy (non-hydrogen) atoms. The maximum atomic E-state index is 4.88. The molecule has 0 spiro atoms. The van der Waals surface area contributed by atoms with Crippen LogP contribution in [-0.2, 0) is 0 Å². The van der Waals surface area contributed by atoms with Crippen LogP contribution in [0.4, 0.5) is 34.1 Å². The topological polar surface area (TPSA) is 82.1 Å². The maximum Gasteiger partial charge on any atom is 0.161 e. The number of benzene rings is 4. The molecule has 0 unspecified atom stereocenters. The van der Waals surface area contributed by atoms with Gasteiger partial charge in [-0.05, 0) is 109 Å². The van der Waals surface area contributed by atoms with E-state index in [1.54, 1.807) is 23.5 Å². The summed E-state index contributed by atoms with van der Waals surface area (Å²) in [6.07, 6.45) is 3.70. The van der Waals surface area contributed by atoms with Crippen molar-refractivity contribution in [1.29, 1.82) is 0 Å². The summed E-state index contributed by atoms with van der Waals surface area (Å²) in [4.78, 5) is 28.7. The van der Waals surface area contributed by atoms with Crippen LogP contribution in [0.3, 0.4) is 0 Å². The van der Waals surface area contributed by atoms with Gasteiger partial charge in [-0.1, -0.05) is 87.6 Å². The quantitative estimate of drug-likeness (QED) is 0.124. The number of pyridine rings is 4. The molecule has 0 radical (unpaired) electrons. The van der Waals surface area contributed by atoms with E-state index in [9.17, 15) is 0 Å². The number of piperazine rings is 1. The van der Waals surface area contributed by atoms with Gasteiger partial charge in [0.25, 0.3) is 0 Å². The lowest BCUT2D eigenvalue weighted by molar-refractivity contribution is 0.653. The van der Waals surface area contributed by atoms with Crippen molar-refractivity contribution in [2.75, 3.05) is 46.6 Å². The lowest BCUT2D eigenvalue weighted by atomic mass is 10.1. The highest BCUT2D eigenvalue weighted by Gasteiger charge is 2.21. The second-order valence-corrected chi connectivity index (χ2v) is 17.9. The lowest BCUT2D eigenvalue weighted by Crippen LogP contribution is -2.46. The van der Waals surface area contributed by atoms with Crippen LogP contribution in [0.2, 0.25) is 0 Å². The van der Waals surface area contributed by atoms with Crippen LogP contribution in [0, 0.1) is 0 Å². The summed E-state index contributed by atoms with van der Waals surface area (Å²) in [7, 11) is 0. The van der Waals surface area contributed by atoms with E-state index >= 15 is 0 Å². The number of nitrogens with one attached hydrogen (secondary N) is 2. The van der Waals surface area contributed by atoms with Gasteiger partial charge in [-0.25, -0.2) is 19.9 Å². The first-order chi connectivity index (χ1) is 29.3. The van der Waals surface area contributed by atoms with Crippen LogP contribution in [0.15, 0.2) is 165 Å². The predicted octanol–water partition coefficient (Wildman–Crippen LogP) is 12.9. The third-order valence-corrected chi connectivity index (χ3v) is 13.0. The monoisotopic (exact) mass is 824 g/mol. The molecule has 1 aliphatic heterocycles. The van der Waals surface area contributed by atoms with Gasteiger partial charge < -0.3 is 20.4 Å². The number of nitrogens with zero attached hydrogens (tertiary/aromatic N) is 6. The molecule has 1 fully saturated rings. The molecule has 4 aromatic heterocycles. The number of hydrogen-bond acceptors (Lipinski definition) is 10. The van der Waals surface area contributed by atoms with Crippen molar-refractivity contribution in [1.82, 2.24) is 19.9 Å². The van der Waals surface area contributed by atoms with Gasteiger partial charge >= 0.3 is 0 Å². The fourth-order valence-corrected chi connectivity index (χ4v) is 9.30. The Labute approximate surface area is 360 Å². The molecule has 0 amide bonds. The highest BCUT2D eigenvalue weighted by atomic mass is 32.2. The van der Waals surface area contributed by atoms with Crippen molar-refractivity contribution >= 4 is 79.7 Å². The second-order valence-electron chi connectivity index (χ2n) is 15.7. The number of anilines is 6. The molecular formula is C50H48N8S2. The van der Waals surface area contributed by atoms with Crippen molar-refractivity contribution in [3.8, 4) is 0 Å². The number of rotatable bonds is 12. The Bertz CT molecular complexity index is 2560. The van der Waals surface area contributed by atoms with Crippen LogP contribution in [0.5, 0.6) is 0 Å². The Morgan fingerprint density at radius 1 is 0.467 bits per heavy atom.